The lowest BCUT2D eigenvalue weighted by Gasteiger charge is -2.12. The fraction of sp³-hybridized carbons (Fsp3) is 0.500. The van der Waals surface area contributed by atoms with Crippen LogP contribution in [0.25, 0.3) is 0 Å². The van der Waals surface area contributed by atoms with Gasteiger partial charge in [-0.05, 0) is 28.1 Å². The molecule has 0 N–H and O–H groups in total. The van der Waals surface area contributed by atoms with E-state index in [1.807, 2.05) is 57.4 Å². The zero-order valence-corrected chi connectivity index (χ0v) is 12.4. The summed E-state index contributed by atoms with van der Waals surface area (Å²) in [5.74, 6) is 0.472. The summed E-state index contributed by atoms with van der Waals surface area (Å²) in [5.41, 5.74) is 1.53. The van der Waals surface area contributed by atoms with E-state index in [0.29, 0.717) is 0 Å². The minimum absolute atomic E-state index is 0.219. The van der Waals surface area contributed by atoms with Gasteiger partial charge in [-0.15, -0.1) is 6.58 Å². The predicted molar refractivity (Wildman–Crippen MR) is 81.0 cm³/mol. The summed E-state index contributed by atoms with van der Waals surface area (Å²) in [6.45, 7) is 5.75. The first-order chi connectivity index (χ1) is 8.03. The Hall–Kier alpha value is -0.860. The molecule has 0 aromatic rings. The van der Waals surface area contributed by atoms with Crippen molar-refractivity contribution in [3.63, 3.8) is 0 Å². The van der Waals surface area contributed by atoms with Crippen LogP contribution in [0.5, 0.6) is 0 Å². The van der Waals surface area contributed by atoms with Gasteiger partial charge in [-0.25, -0.2) is 0 Å². The van der Waals surface area contributed by atoms with Gasteiger partial charge in [0.15, 0.2) is 0 Å². The molecule has 2 unspecified atom stereocenters. The van der Waals surface area contributed by atoms with E-state index in [1.54, 1.807) is 7.05 Å². The number of nitrogens with zero attached hydrogens (tertiary/aromatic N) is 2. The highest BCUT2D eigenvalue weighted by molar-refractivity contribution is 6.25. The molecule has 0 fully saturated rings. The zero-order valence-electron chi connectivity index (χ0n) is 11.6. The van der Waals surface area contributed by atoms with Crippen molar-refractivity contribution in [1.82, 2.24) is 4.90 Å². The van der Waals surface area contributed by atoms with E-state index in [2.05, 4.69) is 17.6 Å². The standard InChI is InChI=1S/C11H16ClN.C3H9N/c1-4-6-11(7-8-12)10(5-2)9-13-3;1-4(2)3/h4-11H,2H2,1,3H3;1-3H3/b6-4-,8-7+,13-9?;. The molecule has 0 rings (SSSR count). The van der Waals surface area contributed by atoms with Crippen LogP contribution in [0.15, 0.2) is 41.4 Å². The maximum atomic E-state index is 5.54. The summed E-state index contributed by atoms with van der Waals surface area (Å²) in [7, 11) is 7.76. The summed E-state index contributed by atoms with van der Waals surface area (Å²) < 4.78 is 0. The minimum Gasteiger partial charge on any atom is -0.312 e. The fourth-order valence-corrected chi connectivity index (χ4v) is 1.28. The molecule has 0 aliphatic carbocycles. The number of hydrogen-bond acceptors (Lipinski definition) is 2. The largest absolute Gasteiger partial charge is 0.312 e. The van der Waals surface area contributed by atoms with Gasteiger partial charge in [-0.1, -0.05) is 35.9 Å². The van der Waals surface area contributed by atoms with Gasteiger partial charge in [0, 0.05) is 30.6 Å². The van der Waals surface area contributed by atoms with Crippen molar-refractivity contribution >= 4 is 17.8 Å². The summed E-state index contributed by atoms with van der Waals surface area (Å²) in [6.07, 6.45) is 9.74. The Morgan fingerprint density at radius 3 is 2.00 bits per heavy atom. The molecule has 0 aliphatic heterocycles. The quantitative estimate of drug-likeness (QED) is 0.542. The summed E-state index contributed by atoms with van der Waals surface area (Å²) in [6, 6.07) is 0. The molecule has 0 heterocycles. The second-order valence-corrected chi connectivity index (χ2v) is 4.24. The van der Waals surface area contributed by atoms with Crippen LogP contribution in [0, 0.1) is 11.8 Å². The van der Waals surface area contributed by atoms with Crippen molar-refractivity contribution in [3.8, 4) is 0 Å². The molecule has 0 aromatic heterocycles. The average Bonchev–Trinajstić information content (AvgIpc) is 2.25. The van der Waals surface area contributed by atoms with E-state index in [9.17, 15) is 0 Å². The number of halogens is 1. The number of hydrogen-bond donors (Lipinski definition) is 0. The van der Waals surface area contributed by atoms with Crippen LogP contribution in [-0.2, 0) is 0 Å². The van der Waals surface area contributed by atoms with Crippen molar-refractivity contribution in [2.45, 2.75) is 6.92 Å². The molecular weight excluding hydrogens is 232 g/mol. The Kier molecular flexibility index (Phi) is 14.4. The third kappa shape index (κ3) is 13.1. The van der Waals surface area contributed by atoms with Gasteiger partial charge in [-0.2, -0.15) is 0 Å². The minimum atomic E-state index is 0.219. The van der Waals surface area contributed by atoms with Crippen molar-refractivity contribution in [2.24, 2.45) is 16.8 Å². The highest BCUT2D eigenvalue weighted by Gasteiger charge is 2.09. The van der Waals surface area contributed by atoms with Gasteiger partial charge in [0.1, 0.15) is 0 Å². The van der Waals surface area contributed by atoms with Gasteiger partial charge in [0.2, 0.25) is 0 Å². The Bertz CT molecular complexity index is 240. The van der Waals surface area contributed by atoms with Gasteiger partial charge in [0.05, 0.1) is 0 Å². The fourth-order valence-electron chi connectivity index (χ4n) is 1.12. The van der Waals surface area contributed by atoms with Crippen LogP contribution in [0.3, 0.4) is 0 Å². The molecule has 2 nitrogen and oxygen atoms in total. The summed E-state index contributed by atoms with van der Waals surface area (Å²) in [4.78, 5) is 5.99. The van der Waals surface area contributed by atoms with E-state index in [-0.39, 0.29) is 11.8 Å². The first-order valence-corrected chi connectivity index (χ1v) is 6.02. The van der Waals surface area contributed by atoms with Crippen LogP contribution in [-0.4, -0.2) is 39.3 Å². The molecule has 0 amide bonds. The summed E-state index contributed by atoms with van der Waals surface area (Å²) >= 11 is 5.54. The smallest absolute Gasteiger partial charge is 0.0273 e. The molecule has 0 aliphatic rings. The third-order valence-electron chi connectivity index (χ3n) is 1.75. The SMILES string of the molecule is C=CC(C=NC)C(/C=C\C)/C=C/Cl.CN(C)C. The van der Waals surface area contributed by atoms with Crippen LogP contribution >= 0.6 is 11.6 Å². The van der Waals surface area contributed by atoms with E-state index in [0.717, 1.165) is 0 Å². The van der Waals surface area contributed by atoms with Gasteiger partial charge in [0.25, 0.3) is 0 Å². The maximum absolute atomic E-state index is 5.54. The molecule has 98 valence electrons. The topological polar surface area (TPSA) is 15.6 Å². The molecule has 0 aromatic carbocycles. The molecule has 17 heavy (non-hydrogen) atoms. The van der Waals surface area contributed by atoms with Crippen LogP contribution in [0.2, 0.25) is 0 Å². The van der Waals surface area contributed by atoms with E-state index in [4.69, 9.17) is 11.6 Å². The molecule has 0 spiro atoms. The second-order valence-electron chi connectivity index (χ2n) is 3.98. The molecular formula is C14H25ClN2. The van der Waals surface area contributed by atoms with Crippen molar-refractivity contribution in [3.05, 3.63) is 36.4 Å². The van der Waals surface area contributed by atoms with Crippen LogP contribution in [0.4, 0.5) is 0 Å². The Morgan fingerprint density at radius 2 is 1.71 bits per heavy atom. The Labute approximate surface area is 111 Å². The normalized spacial score (nSPS) is 15.2. The first-order valence-electron chi connectivity index (χ1n) is 5.58. The van der Waals surface area contributed by atoms with Gasteiger partial charge >= 0.3 is 0 Å². The van der Waals surface area contributed by atoms with E-state index < -0.39 is 0 Å². The molecule has 0 bridgehead atoms. The van der Waals surface area contributed by atoms with Crippen molar-refractivity contribution < 1.29 is 0 Å². The molecule has 0 saturated carbocycles. The van der Waals surface area contributed by atoms with Gasteiger partial charge < -0.3 is 9.89 Å². The first kappa shape index (κ1) is 18.5. The highest BCUT2D eigenvalue weighted by atomic mass is 35.5. The average molecular weight is 257 g/mol. The summed E-state index contributed by atoms with van der Waals surface area (Å²) in [5, 5.41) is 0. The lowest BCUT2D eigenvalue weighted by atomic mass is 9.93. The van der Waals surface area contributed by atoms with Crippen LogP contribution < -0.4 is 0 Å². The van der Waals surface area contributed by atoms with Crippen molar-refractivity contribution in [2.75, 3.05) is 28.2 Å². The predicted octanol–water partition coefficient (Wildman–Crippen LogP) is 3.61. The number of aliphatic imine (C=N–C) groups is 1. The monoisotopic (exact) mass is 256 g/mol. The van der Waals surface area contributed by atoms with E-state index >= 15 is 0 Å². The Morgan fingerprint density at radius 1 is 1.18 bits per heavy atom. The van der Waals surface area contributed by atoms with Gasteiger partial charge in [-0.3, -0.25) is 0 Å². The van der Waals surface area contributed by atoms with Crippen molar-refractivity contribution in [1.29, 1.82) is 0 Å². The molecule has 2 atom stereocenters. The zero-order chi connectivity index (χ0) is 13.7. The lowest BCUT2D eigenvalue weighted by molar-refractivity contribution is 0.505. The van der Waals surface area contributed by atoms with Crippen LogP contribution in [0.1, 0.15) is 6.92 Å². The third-order valence-corrected chi connectivity index (χ3v) is 1.89. The Balaban J connectivity index is 0. The molecule has 0 saturated heterocycles. The number of allylic oxidation sites excluding steroid dienone is 4. The number of rotatable bonds is 5. The van der Waals surface area contributed by atoms with E-state index in [1.165, 1.54) is 5.54 Å². The molecule has 3 heteroatoms. The second kappa shape index (κ2) is 13.2. The molecule has 0 radical (unpaired) electrons. The highest BCUT2D eigenvalue weighted by Crippen LogP contribution is 2.15. The lowest BCUT2D eigenvalue weighted by Crippen LogP contribution is -2.09. The maximum Gasteiger partial charge on any atom is 0.0273 e.